The number of halogens is 1. The van der Waals surface area contributed by atoms with Crippen LogP contribution in [0.25, 0.3) is 0 Å². The molecule has 64 valence electrons. The van der Waals surface area contributed by atoms with Crippen molar-refractivity contribution in [3.63, 3.8) is 0 Å². The van der Waals surface area contributed by atoms with E-state index in [2.05, 4.69) is 6.92 Å². The summed E-state index contributed by atoms with van der Waals surface area (Å²) in [5, 5.41) is -0.288. The van der Waals surface area contributed by atoms with E-state index < -0.39 is 0 Å². The van der Waals surface area contributed by atoms with Crippen LogP contribution in [0.15, 0.2) is 0 Å². The van der Waals surface area contributed by atoms with Crippen LogP contribution in [0.3, 0.4) is 0 Å². The van der Waals surface area contributed by atoms with Crippen molar-refractivity contribution in [3.05, 3.63) is 0 Å². The molecule has 0 aliphatic carbocycles. The van der Waals surface area contributed by atoms with Crippen molar-refractivity contribution < 1.29 is 4.79 Å². The largest absolute Gasteiger partial charge is 0.329 e. The normalized spacial score (nSPS) is 24.2. The van der Waals surface area contributed by atoms with Crippen molar-refractivity contribution in [1.29, 1.82) is 0 Å². The third-order valence-electron chi connectivity index (χ3n) is 2.23. The maximum Gasteiger partial charge on any atom is 0.316 e. The second-order valence-corrected chi connectivity index (χ2v) is 3.47. The highest BCUT2D eigenvalue weighted by atomic mass is 35.5. The average Bonchev–Trinajstić information content (AvgIpc) is 2.37. The maximum absolute atomic E-state index is 10.7. The Bertz CT molecular complexity index is 149. The van der Waals surface area contributed by atoms with Gasteiger partial charge in [-0.05, 0) is 30.4 Å². The molecule has 2 nitrogen and oxygen atoms in total. The minimum atomic E-state index is -0.288. The number of hydrogen-bond donors (Lipinski definition) is 0. The molecule has 1 amide bonds. The second kappa shape index (κ2) is 3.96. The summed E-state index contributed by atoms with van der Waals surface area (Å²) >= 11 is 5.34. The van der Waals surface area contributed by atoms with E-state index in [1.54, 1.807) is 4.90 Å². The Morgan fingerprint density at radius 3 is 2.91 bits per heavy atom. The summed E-state index contributed by atoms with van der Waals surface area (Å²) in [5.74, 6) is 0.697. The van der Waals surface area contributed by atoms with Gasteiger partial charge in [-0.1, -0.05) is 13.3 Å². The molecule has 1 unspecified atom stereocenters. The van der Waals surface area contributed by atoms with E-state index in [0.717, 1.165) is 19.5 Å². The first-order valence-corrected chi connectivity index (χ1v) is 4.56. The predicted molar refractivity (Wildman–Crippen MR) is 45.8 cm³/mol. The molecule has 0 aromatic heterocycles. The van der Waals surface area contributed by atoms with E-state index in [0.29, 0.717) is 5.92 Å². The lowest BCUT2D eigenvalue weighted by molar-refractivity contribution is 0.230. The zero-order valence-corrected chi connectivity index (χ0v) is 7.60. The first-order valence-electron chi connectivity index (χ1n) is 4.18. The standard InChI is InChI=1S/C8H14ClNO/c1-2-3-7-4-5-10(6-7)8(9)11/h7H,2-6H2,1H3. The zero-order valence-electron chi connectivity index (χ0n) is 6.85. The lowest BCUT2D eigenvalue weighted by atomic mass is 10.0. The number of carbonyl (C=O) groups excluding carboxylic acids is 1. The van der Waals surface area contributed by atoms with E-state index in [9.17, 15) is 4.79 Å². The van der Waals surface area contributed by atoms with Crippen molar-refractivity contribution in [1.82, 2.24) is 4.90 Å². The highest BCUT2D eigenvalue weighted by molar-refractivity contribution is 6.62. The first kappa shape index (κ1) is 8.85. The van der Waals surface area contributed by atoms with E-state index >= 15 is 0 Å². The number of likely N-dealkylation sites (tertiary alicyclic amines) is 1. The molecule has 1 aliphatic rings. The maximum atomic E-state index is 10.7. The van der Waals surface area contributed by atoms with E-state index in [-0.39, 0.29) is 5.37 Å². The van der Waals surface area contributed by atoms with Crippen LogP contribution in [-0.2, 0) is 0 Å². The number of rotatable bonds is 2. The molecule has 3 heteroatoms. The van der Waals surface area contributed by atoms with Crippen LogP contribution in [-0.4, -0.2) is 23.4 Å². The monoisotopic (exact) mass is 175 g/mol. The Morgan fingerprint density at radius 2 is 2.45 bits per heavy atom. The van der Waals surface area contributed by atoms with Crippen molar-refractivity contribution in [2.75, 3.05) is 13.1 Å². The molecule has 1 aliphatic heterocycles. The summed E-state index contributed by atoms with van der Waals surface area (Å²) in [7, 11) is 0. The zero-order chi connectivity index (χ0) is 8.27. The summed E-state index contributed by atoms with van der Waals surface area (Å²) in [6.07, 6.45) is 3.56. The summed E-state index contributed by atoms with van der Waals surface area (Å²) < 4.78 is 0. The van der Waals surface area contributed by atoms with Crippen LogP contribution in [0, 0.1) is 5.92 Å². The van der Waals surface area contributed by atoms with Gasteiger partial charge in [-0.15, -0.1) is 0 Å². The van der Waals surface area contributed by atoms with Crippen LogP contribution >= 0.6 is 11.6 Å². The fourth-order valence-corrected chi connectivity index (χ4v) is 1.79. The van der Waals surface area contributed by atoms with Crippen LogP contribution < -0.4 is 0 Å². The minimum absolute atomic E-state index is 0.288. The molecule has 1 saturated heterocycles. The molecule has 0 spiro atoms. The third-order valence-corrected chi connectivity index (χ3v) is 2.47. The van der Waals surface area contributed by atoms with Crippen LogP contribution in [0.1, 0.15) is 26.2 Å². The molecule has 0 aromatic rings. The first-order chi connectivity index (χ1) is 5.24. The van der Waals surface area contributed by atoms with Gasteiger partial charge in [-0.3, -0.25) is 4.79 Å². The van der Waals surface area contributed by atoms with Gasteiger partial charge < -0.3 is 4.90 Å². The van der Waals surface area contributed by atoms with Gasteiger partial charge >= 0.3 is 5.37 Å². The summed E-state index contributed by atoms with van der Waals surface area (Å²) in [6.45, 7) is 3.90. The van der Waals surface area contributed by atoms with Crippen molar-refractivity contribution >= 4 is 17.0 Å². The number of amides is 1. The van der Waals surface area contributed by atoms with E-state index in [1.165, 1.54) is 12.8 Å². The van der Waals surface area contributed by atoms with Gasteiger partial charge in [0.1, 0.15) is 0 Å². The Balaban J connectivity index is 2.29. The van der Waals surface area contributed by atoms with Gasteiger partial charge in [-0.2, -0.15) is 0 Å². The Kier molecular flexibility index (Phi) is 3.18. The molecule has 11 heavy (non-hydrogen) atoms. The lowest BCUT2D eigenvalue weighted by Crippen LogP contribution is -2.22. The number of carbonyl (C=O) groups is 1. The van der Waals surface area contributed by atoms with Gasteiger partial charge in [0.2, 0.25) is 0 Å². The topological polar surface area (TPSA) is 20.3 Å². The molecular formula is C8H14ClNO. The second-order valence-electron chi connectivity index (χ2n) is 3.14. The molecule has 0 N–H and O–H groups in total. The predicted octanol–water partition coefficient (Wildman–Crippen LogP) is 2.47. The molecule has 1 heterocycles. The fourth-order valence-electron chi connectivity index (χ4n) is 1.64. The number of nitrogens with zero attached hydrogens (tertiary/aromatic N) is 1. The van der Waals surface area contributed by atoms with Gasteiger partial charge in [0.05, 0.1) is 0 Å². The van der Waals surface area contributed by atoms with E-state index in [1.807, 2.05) is 0 Å². The summed E-state index contributed by atoms with van der Waals surface area (Å²) in [5.41, 5.74) is 0. The molecule has 1 fully saturated rings. The Morgan fingerprint density at radius 1 is 1.73 bits per heavy atom. The third kappa shape index (κ3) is 2.37. The van der Waals surface area contributed by atoms with Gasteiger partial charge in [0.15, 0.2) is 0 Å². The van der Waals surface area contributed by atoms with Crippen LogP contribution in [0.4, 0.5) is 4.79 Å². The SMILES string of the molecule is CCCC1CCN(C(=O)Cl)C1. The lowest BCUT2D eigenvalue weighted by Gasteiger charge is -2.11. The van der Waals surface area contributed by atoms with Gasteiger partial charge in [0, 0.05) is 13.1 Å². The Hall–Kier alpha value is -0.240. The van der Waals surface area contributed by atoms with Crippen LogP contribution in [0.5, 0.6) is 0 Å². The molecule has 0 radical (unpaired) electrons. The highest BCUT2D eigenvalue weighted by Crippen LogP contribution is 2.21. The molecule has 0 aromatic carbocycles. The fraction of sp³-hybridized carbons (Fsp3) is 0.875. The summed E-state index contributed by atoms with van der Waals surface area (Å²) in [6, 6.07) is 0. The van der Waals surface area contributed by atoms with Crippen LogP contribution in [0.2, 0.25) is 0 Å². The van der Waals surface area contributed by atoms with Crippen molar-refractivity contribution in [2.24, 2.45) is 5.92 Å². The molecule has 1 atom stereocenters. The molecular weight excluding hydrogens is 162 g/mol. The van der Waals surface area contributed by atoms with Crippen molar-refractivity contribution in [3.8, 4) is 0 Å². The van der Waals surface area contributed by atoms with Gasteiger partial charge in [-0.25, -0.2) is 0 Å². The average molecular weight is 176 g/mol. The minimum Gasteiger partial charge on any atom is -0.329 e. The smallest absolute Gasteiger partial charge is 0.316 e. The number of hydrogen-bond acceptors (Lipinski definition) is 1. The van der Waals surface area contributed by atoms with Crippen molar-refractivity contribution in [2.45, 2.75) is 26.2 Å². The molecule has 0 bridgehead atoms. The Labute approximate surface area is 72.5 Å². The van der Waals surface area contributed by atoms with E-state index in [4.69, 9.17) is 11.6 Å². The highest BCUT2D eigenvalue weighted by Gasteiger charge is 2.23. The quantitative estimate of drug-likeness (QED) is 0.467. The summed E-state index contributed by atoms with van der Waals surface area (Å²) in [4.78, 5) is 12.4. The molecule has 0 saturated carbocycles. The van der Waals surface area contributed by atoms with Gasteiger partial charge in [0.25, 0.3) is 0 Å². The molecule has 1 rings (SSSR count).